The molecule has 0 saturated heterocycles. The smallest absolute Gasteiger partial charge is 0.378 e. The van der Waals surface area contributed by atoms with Gasteiger partial charge in [-0.05, 0) is 53.6 Å². The van der Waals surface area contributed by atoms with Crippen LogP contribution < -0.4 is 4.90 Å². The third kappa shape index (κ3) is 6.51. The fourth-order valence-corrected chi connectivity index (χ4v) is 2.37. The van der Waals surface area contributed by atoms with E-state index >= 15 is 0 Å². The van der Waals surface area contributed by atoms with E-state index in [1.807, 2.05) is 31.1 Å². The number of rotatable bonds is 5. The van der Waals surface area contributed by atoms with Crippen LogP contribution in [0.3, 0.4) is 0 Å². The normalized spacial score (nSPS) is 12.7. The molecule has 0 amide bonds. The molecule has 29 heavy (non-hydrogen) atoms. The number of ketones is 1. The maximum atomic E-state index is 12.8. The molecule has 2 nitrogen and oxygen atoms in total. The van der Waals surface area contributed by atoms with Crippen molar-refractivity contribution in [2.45, 2.75) is 12.4 Å². The molecule has 0 aliphatic rings. The Morgan fingerprint density at radius 1 is 0.759 bits per heavy atom. The number of hydrogen-bond acceptors (Lipinski definition) is 2. The Morgan fingerprint density at radius 3 is 1.62 bits per heavy atom. The summed E-state index contributed by atoms with van der Waals surface area (Å²) in [5.41, 5.74) is -1.56. The van der Waals surface area contributed by atoms with Crippen LogP contribution in [0.5, 0.6) is 0 Å². The highest BCUT2D eigenvalue weighted by molar-refractivity contribution is 6.04. The number of anilines is 1. The third-order valence-electron chi connectivity index (χ3n) is 3.90. The summed E-state index contributed by atoms with van der Waals surface area (Å²) in [6.45, 7) is 0. The Balaban J connectivity index is 2.20. The van der Waals surface area contributed by atoms with Crippen molar-refractivity contribution >= 4 is 23.6 Å². The Kier molecular flexibility index (Phi) is 6.56. The summed E-state index contributed by atoms with van der Waals surface area (Å²) in [6, 6.07) is 8.36. The van der Waals surface area contributed by atoms with Crippen molar-refractivity contribution in [3.8, 4) is 0 Å². The van der Waals surface area contributed by atoms with Gasteiger partial charge in [-0.3, -0.25) is 4.79 Å². The van der Waals surface area contributed by atoms with Gasteiger partial charge in [-0.25, -0.2) is 0 Å². The Morgan fingerprint density at radius 2 is 1.21 bits per heavy atom. The number of hydrogen-bond donors (Lipinski definition) is 0. The van der Waals surface area contributed by atoms with Crippen LogP contribution in [-0.4, -0.2) is 19.9 Å². The van der Waals surface area contributed by atoms with E-state index in [2.05, 4.69) is 0 Å². The maximum absolute atomic E-state index is 12.8. The van der Waals surface area contributed by atoms with E-state index in [0.29, 0.717) is 12.1 Å². The first-order valence-electron chi connectivity index (χ1n) is 8.33. The lowest BCUT2D eigenvalue weighted by atomic mass is 10.0. The summed E-state index contributed by atoms with van der Waals surface area (Å²) in [6.07, 6.45) is -5.36. The molecular weight excluding hydrogens is 396 g/mol. The minimum absolute atomic E-state index is 0.0382. The molecule has 0 heterocycles. The lowest BCUT2D eigenvalue weighted by Crippen LogP contribution is -2.11. The van der Waals surface area contributed by atoms with Crippen molar-refractivity contribution in [2.75, 3.05) is 19.0 Å². The van der Waals surface area contributed by atoms with Crippen LogP contribution in [0.1, 0.15) is 22.3 Å². The predicted octanol–water partition coefficient (Wildman–Crippen LogP) is 6.09. The zero-order valence-corrected chi connectivity index (χ0v) is 15.5. The molecule has 0 unspecified atom stereocenters. The van der Waals surface area contributed by atoms with Crippen molar-refractivity contribution in [1.29, 1.82) is 0 Å². The van der Waals surface area contributed by atoms with E-state index in [9.17, 15) is 31.1 Å². The molecule has 0 saturated carbocycles. The van der Waals surface area contributed by atoms with E-state index in [1.165, 1.54) is 12.2 Å². The van der Waals surface area contributed by atoms with Gasteiger partial charge in [-0.2, -0.15) is 26.3 Å². The van der Waals surface area contributed by atoms with Gasteiger partial charge in [0.25, 0.3) is 0 Å². The van der Waals surface area contributed by atoms with Crippen LogP contribution in [0.15, 0.2) is 54.6 Å². The second-order valence-electron chi connectivity index (χ2n) is 6.39. The molecule has 0 atom stereocenters. The van der Waals surface area contributed by atoms with Crippen LogP contribution in [0.2, 0.25) is 0 Å². The molecule has 8 heteroatoms. The van der Waals surface area contributed by atoms with Gasteiger partial charge in [0, 0.05) is 19.8 Å². The molecule has 0 radical (unpaired) electrons. The largest absolute Gasteiger partial charge is 0.416 e. The zero-order chi connectivity index (χ0) is 21.8. The highest BCUT2D eigenvalue weighted by Crippen LogP contribution is 2.36. The molecule has 0 fully saturated rings. The molecule has 0 spiro atoms. The lowest BCUT2D eigenvalue weighted by molar-refractivity contribution is -0.143. The van der Waals surface area contributed by atoms with Crippen molar-refractivity contribution in [1.82, 2.24) is 0 Å². The van der Waals surface area contributed by atoms with Crippen LogP contribution in [0.25, 0.3) is 12.2 Å². The SMILES string of the molecule is CN(C)c1ccc(/C=C/C(=O)/C=C/c2cc(C(F)(F)F)cc(C(F)(F)F)c2)cc1. The van der Waals surface area contributed by atoms with E-state index in [-0.39, 0.29) is 11.6 Å². The summed E-state index contributed by atoms with van der Waals surface area (Å²) in [5.74, 6) is -0.576. The first kappa shape index (κ1) is 22.3. The number of benzene rings is 2. The van der Waals surface area contributed by atoms with Crippen molar-refractivity contribution in [3.63, 3.8) is 0 Å². The predicted molar refractivity (Wildman–Crippen MR) is 100 cm³/mol. The van der Waals surface area contributed by atoms with Gasteiger partial charge in [-0.15, -0.1) is 0 Å². The van der Waals surface area contributed by atoms with Gasteiger partial charge in [0.15, 0.2) is 5.78 Å². The minimum Gasteiger partial charge on any atom is -0.378 e. The van der Waals surface area contributed by atoms with Crippen LogP contribution in [0.4, 0.5) is 32.0 Å². The Bertz CT molecular complexity index is 889. The summed E-state index contributed by atoms with van der Waals surface area (Å²) in [7, 11) is 3.74. The van der Waals surface area contributed by atoms with E-state index in [1.54, 1.807) is 12.1 Å². The highest BCUT2D eigenvalue weighted by atomic mass is 19.4. The fourth-order valence-electron chi connectivity index (χ4n) is 2.37. The Labute approximate surface area is 163 Å². The second kappa shape index (κ2) is 8.55. The van der Waals surface area contributed by atoms with Crippen molar-refractivity contribution < 1.29 is 31.1 Å². The lowest BCUT2D eigenvalue weighted by Gasteiger charge is -2.12. The van der Waals surface area contributed by atoms with Crippen molar-refractivity contribution in [2.24, 2.45) is 0 Å². The average molecular weight is 413 g/mol. The molecule has 0 aliphatic heterocycles. The minimum atomic E-state index is -4.94. The number of allylic oxidation sites excluding steroid dienone is 2. The monoisotopic (exact) mass is 413 g/mol. The number of nitrogens with zero attached hydrogens (tertiary/aromatic N) is 1. The number of alkyl halides is 6. The third-order valence-corrected chi connectivity index (χ3v) is 3.90. The zero-order valence-electron chi connectivity index (χ0n) is 15.5. The summed E-state index contributed by atoms with van der Waals surface area (Å²) in [5, 5.41) is 0. The molecule has 2 rings (SSSR count). The van der Waals surface area contributed by atoms with Gasteiger partial charge in [0.2, 0.25) is 0 Å². The highest BCUT2D eigenvalue weighted by Gasteiger charge is 2.36. The van der Waals surface area contributed by atoms with E-state index in [0.717, 1.165) is 23.4 Å². The van der Waals surface area contributed by atoms with Crippen LogP contribution >= 0.6 is 0 Å². The molecule has 0 bridgehead atoms. The molecule has 0 aliphatic carbocycles. The molecule has 0 N–H and O–H groups in total. The van der Waals surface area contributed by atoms with E-state index in [4.69, 9.17) is 0 Å². The molecule has 154 valence electrons. The first-order valence-corrected chi connectivity index (χ1v) is 8.33. The summed E-state index contributed by atoms with van der Waals surface area (Å²) >= 11 is 0. The van der Waals surface area contributed by atoms with Gasteiger partial charge in [0.05, 0.1) is 11.1 Å². The van der Waals surface area contributed by atoms with Gasteiger partial charge >= 0.3 is 12.4 Å². The summed E-state index contributed by atoms with van der Waals surface area (Å²) < 4.78 is 77.1. The molecule has 0 aromatic heterocycles. The first-order chi connectivity index (χ1) is 13.4. The number of carbonyl (C=O) groups is 1. The van der Waals surface area contributed by atoms with Crippen molar-refractivity contribution in [3.05, 3.63) is 76.9 Å². The summed E-state index contributed by atoms with van der Waals surface area (Å²) in [4.78, 5) is 13.8. The number of carbonyl (C=O) groups excluding carboxylic acids is 1. The molecule has 2 aromatic rings. The maximum Gasteiger partial charge on any atom is 0.416 e. The standard InChI is InChI=1S/C21H17F6NO/c1-28(2)18-7-3-14(4-8-18)5-9-19(29)10-6-15-11-16(20(22,23)24)13-17(12-15)21(25,26)27/h3-13H,1-2H3/b9-5+,10-6+. The van der Waals surface area contributed by atoms with Crippen LogP contribution in [-0.2, 0) is 17.1 Å². The second-order valence-corrected chi connectivity index (χ2v) is 6.39. The average Bonchev–Trinajstić information content (AvgIpc) is 2.63. The van der Waals surface area contributed by atoms with Crippen LogP contribution in [0, 0.1) is 0 Å². The topological polar surface area (TPSA) is 20.3 Å². The molecular formula is C21H17F6NO. The Hall–Kier alpha value is -3.03. The fraction of sp³-hybridized carbons (Fsp3) is 0.190. The molecule has 2 aromatic carbocycles. The number of halogens is 6. The van der Waals surface area contributed by atoms with Gasteiger partial charge in [-0.1, -0.05) is 24.3 Å². The van der Waals surface area contributed by atoms with E-state index < -0.39 is 29.3 Å². The van der Waals surface area contributed by atoms with Gasteiger partial charge < -0.3 is 4.90 Å². The van der Waals surface area contributed by atoms with Gasteiger partial charge in [0.1, 0.15) is 0 Å². The quantitative estimate of drug-likeness (QED) is 0.437.